The van der Waals surface area contributed by atoms with Crippen LogP contribution in [0, 0.1) is 0 Å². The van der Waals surface area contributed by atoms with Crippen LogP contribution >= 0.6 is 0 Å². The Morgan fingerprint density at radius 1 is 1.33 bits per heavy atom. The first-order chi connectivity index (χ1) is 4.41. The topological polar surface area (TPSA) is 12.0 Å². The molecule has 0 aliphatic heterocycles. The molecule has 1 nitrogen and oxygen atoms in total. The molecule has 0 aromatic carbocycles. The van der Waals surface area contributed by atoms with Crippen LogP contribution in [0.4, 0.5) is 0 Å². The molecule has 0 saturated carbocycles. The summed E-state index contributed by atoms with van der Waals surface area (Å²) in [6.45, 7) is 6.13. The van der Waals surface area contributed by atoms with Crippen LogP contribution in [0.1, 0.15) is 13.8 Å². The van der Waals surface area contributed by atoms with Crippen molar-refractivity contribution in [1.82, 2.24) is 5.32 Å². The first-order valence-electron chi connectivity index (χ1n) is 3.40. The van der Waals surface area contributed by atoms with E-state index in [-0.39, 0.29) is 0 Å². The van der Waals surface area contributed by atoms with Gasteiger partial charge >= 0.3 is 0 Å². The van der Waals surface area contributed by atoms with E-state index < -0.39 is 0 Å². The standard InChI is InChI=1S/C8H15N/c1-3-5-6-7-8-9-4-2/h3,5-7,9H,4,8H2,1-2H3/b5-3+,7-6+. The fraction of sp³-hybridized carbons (Fsp3) is 0.500. The average Bonchev–Trinajstić information content (AvgIpc) is 1.89. The number of nitrogens with one attached hydrogen (secondary N) is 1. The SMILES string of the molecule is C/C=C/C=C/CNCC. The van der Waals surface area contributed by atoms with E-state index in [0.717, 1.165) is 13.1 Å². The van der Waals surface area contributed by atoms with Crippen LogP contribution in [-0.4, -0.2) is 13.1 Å². The summed E-state index contributed by atoms with van der Waals surface area (Å²) in [6, 6.07) is 0. The molecule has 0 radical (unpaired) electrons. The van der Waals surface area contributed by atoms with Gasteiger partial charge in [0.25, 0.3) is 0 Å². The van der Waals surface area contributed by atoms with E-state index in [4.69, 9.17) is 0 Å². The van der Waals surface area contributed by atoms with Gasteiger partial charge in [-0.15, -0.1) is 0 Å². The molecular weight excluding hydrogens is 110 g/mol. The maximum absolute atomic E-state index is 3.19. The molecule has 0 unspecified atom stereocenters. The molecule has 0 spiro atoms. The van der Waals surface area contributed by atoms with Gasteiger partial charge in [0.05, 0.1) is 0 Å². The molecule has 0 atom stereocenters. The van der Waals surface area contributed by atoms with Gasteiger partial charge in [-0.1, -0.05) is 31.2 Å². The zero-order valence-corrected chi connectivity index (χ0v) is 6.22. The molecule has 0 aromatic heterocycles. The highest BCUT2D eigenvalue weighted by atomic mass is 14.8. The first kappa shape index (κ1) is 8.44. The van der Waals surface area contributed by atoms with E-state index in [2.05, 4.69) is 18.3 Å². The summed E-state index contributed by atoms with van der Waals surface area (Å²) in [6.07, 6.45) is 8.19. The summed E-state index contributed by atoms with van der Waals surface area (Å²) in [5.41, 5.74) is 0. The van der Waals surface area contributed by atoms with Gasteiger partial charge in [-0.05, 0) is 13.5 Å². The predicted octanol–water partition coefficient (Wildman–Crippen LogP) is 1.73. The molecule has 0 fully saturated rings. The van der Waals surface area contributed by atoms with E-state index in [9.17, 15) is 0 Å². The van der Waals surface area contributed by atoms with Crippen LogP contribution in [0.15, 0.2) is 24.3 Å². The van der Waals surface area contributed by atoms with Gasteiger partial charge in [0.2, 0.25) is 0 Å². The van der Waals surface area contributed by atoms with Gasteiger partial charge in [0.1, 0.15) is 0 Å². The molecule has 1 heteroatoms. The normalized spacial score (nSPS) is 11.8. The van der Waals surface area contributed by atoms with Crippen molar-refractivity contribution in [2.45, 2.75) is 13.8 Å². The van der Waals surface area contributed by atoms with Crippen LogP contribution in [0.2, 0.25) is 0 Å². The highest BCUT2D eigenvalue weighted by Gasteiger charge is 1.70. The quantitative estimate of drug-likeness (QED) is 0.445. The van der Waals surface area contributed by atoms with Crippen LogP contribution in [0.3, 0.4) is 0 Å². The molecule has 0 saturated heterocycles. The Kier molecular flexibility index (Phi) is 6.98. The summed E-state index contributed by atoms with van der Waals surface area (Å²) >= 11 is 0. The number of hydrogen-bond donors (Lipinski definition) is 1. The smallest absolute Gasteiger partial charge is 0.0137 e. The fourth-order valence-corrected chi connectivity index (χ4v) is 0.485. The minimum absolute atomic E-state index is 0.973. The second-order valence-electron chi connectivity index (χ2n) is 1.76. The van der Waals surface area contributed by atoms with Gasteiger partial charge in [-0.2, -0.15) is 0 Å². The maximum Gasteiger partial charge on any atom is 0.0137 e. The second-order valence-corrected chi connectivity index (χ2v) is 1.76. The van der Waals surface area contributed by atoms with Gasteiger partial charge in [0, 0.05) is 6.54 Å². The van der Waals surface area contributed by atoms with Crippen molar-refractivity contribution in [2.75, 3.05) is 13.1 Å². The average molecular weight is 125 g/mol. The zero-order valence-electron chi connectivity index (χ0n) is 6.22. The molecule has 9 heavy (non-hydrogen) atoms. The largest absolute Gasteiger partial charge is 0.314 e. The molecule has 0 aliphatic rings. The van der Waals surface area contributed by atoms with Gasteiger partial charge in [0.15, 0.2) is 0 Å². The summed E-state index contributed by atoms with van der Waals surface area (Å²) in [7, 11) is 0. The maximum atomic E-state index is 3.19. The van der Waals surface area contributed by atoms with Crippen molar-refractivity contribution in [3.63, 3.8) is 0 Å². The van der Waals surface area contributed by atoms with E-state index in [1.807, 2.05) is 25.2 Å². The van der Waals surface area contributed by atoms with Crippen molar-refractivity contribution >= 4 is 0 Å². The van der Waals surface area contributed by atoms with Crippen molar-refractivity contribution in [1.29, 1.82) is 0 Å². The Hall–Kier alpha value is -0.560. The molecule has 0 aliphatic carbocycles. The van der Waals surface area contributed by atoms with Crippen LogP contribution < -0.4 is 5.32 Å². The lowest BCUT2D eigenvalue weighted by molar-refractivity contribution is 0.799. The molecule has 52 valence electrons. The number of allylic oxidation sites excluding steroid dienone is 3. The van der Waals surface area contributed by atoms with Crippen molar-refractivity contribution in [2.24, 2.45) is 0 Å². The Morgan fingerprint density at radius 3 is 2.67 bits per heavy atom. The summed E-state index contributed by atoms with van der Waals surface area (Å²) in [5.74, 6) is 0. The zero-order chi connectivity index (χ0) is 6.95. The number of hydrogen-bond acceptors (Lipinski definition) is 1. The van der Waals surface area contributed by atoms with Crippen LogP contribution in [-0.2, 0) is 0 Å². The Bertz CT molecular complexity index is 92.7. The monoisotopic (exact) mass is 125 g/mol. The Balaban J connectivity index is 3.04. The molecule has 0 bridgehead atoms. The molecular formula is C8H15N. The first-order valence-corrected chi connectivity index (χ1v) is 3.40. The van der Waals surface area contributed by atoms with Crippen molar-refractivity contribution in [3.8, 4) is 0 Å². The number of likely N-dealkylation sites (N-methyl/N-ethyl adjacent to an activating group) is 1. The lowest BCUT2D eigenvalue weighted by Gasteiger charge is -1.90. The Morgan fingerprint density at radius 2 is 2.11 bits per heavy atom. The lowest BCUT2D eigenvalue weighted by Crippen LogP contribution is -2.11. The third kappa shape index (κ3) is 7.44. The van der Waals surface area contributed by atoms with Gasteiger partial charge < -0.3 is 5.32 Å². The van der Waals surface area contributed by atoms with Gasteiger partial charge in [-0.3, -0.25) is 0 Å². The molecule has 1 N–H and O–H groups in total. The minimum Gasteiger partial charge on any atom is -0.314 e. The van der Waals surface area contributed by atoms with E-state index in [0.29, 0.717) is 0 Å². The van der Waals surface area contributed by atoms with Crippen LogP contribution in [0.5, 0.6) is 0 Å². The van der Waals surface area contributed by atoms with Crippen molar-refractivity contribution < 1.29 is 0 Å². The molecule has 0 rings (SSSR count). The Labute approximate surface area is 57.5 Å². The summed E-state index contributed by atoms with van der Waals surface area (Å²) < 4.78 is 0. The summed E-state index contributed by atoms with van der Waals surface area (Å²) in [4.78, 5) is 0. The minimum atomic E-state index is 0.973. The summed E-state index contributed by atoms with van der Waals surface area (Å²) in [5, 5.41) is 3.19. The third-order valence-electron chi connectivity index (χ3n) is 0.952. The van der Waals surface area contributed by atoms with Crippen molar-refractivity contribution in [3.05, 3.63) is 24.3 Å². The number of rotatable bonds is 4. The highest BCUT2D eigenvalue weighted by molar-refractivity contribution is 5.01. The fourth-order valence-electron chi connectivity index (χ4n) is 0.485. The second kappa shape index (κ2) is 7.44. The molecule has 0 heterocycles. The predicted molar refractivity (Wildman–Crippen MR) is 42.5 cm³/mol. The third-order valence-corrected chi connectivity index (χ3v) is 0.952. The van der Waals surface area contributed by atoms with E-state index in [1.165, 1.54) is 0 Å². The molecule has 0 aromatic rings. The highest BCUT2D eigenvalue weighted by Crippen LogP contribution is 1.73. The van der Waals surface area contributed by atoms with Gasteiger partial charge in [-0.25, -0.2) is 0 Å². The lowest BCUT2D eigenvalue weighted by atomic mass is 10.4. The van der Waals surface area contributed by atoms with Crippen LogP contribution in [0.25, 0.3) is 0 Å². The van der Waals surface area contributed by atoms with E-state index in [1.54, 1.807) is 0 Å². The molecule has 0 amide bonds. The van der Waals surface area contributed by atoms with E-state index >= 15 is 0 Å².